The van der Waals surface area contributed by atoms with E-state index in [0.717, 1.165) is 34.1 Å². The van der Waals surface area contributed by atoms with Gasteiger partial charge in [0.05, 0.1) is 35.5 Å². The quantitative estimate of drug-likeness (QED) is 0.0907. The van der Waals surface area contributed by atoms with Crippen molar-refractivity contribution in [2.75, 3.05) is 14.2 Å². The Kier molecular flexibility index (Phi) is 15.1. The van der Waals surface area contributed by atoms with Crippen LogP contribution in [0.15, 0.2) is 170 Å². The highest BCUT2D eigenvalue weighted by molar-refractivity contribution is 5.68. The van der Waals surface area contributed by atoms with E-state index in [1.807, 2.05) is 78.9 Å². The Balaban J connectivity index is 0.000000184. The summed E-state index contributed by atoms with van der Waals surface area (Å²) in [5.41, 5.74) is 5.18. The van der Waals surface area contributed by atoms with Crippen LogP contribution < -0.4 is 14.2 Å². The van der Waals surface area contributed by atoms with Gasteiger partial charge in [-0.15, -0.1) is 0 Å². The van der Waals surface area contributed by atoms with Gasteiger partial charge in [0.1, 0.15) is 35.7 Å². The third-order valence-electron chi connectivity index (χ3n) is 9.14. The highest BCUT2D eigenvalue weighted by Gasteiger charge is 2.18. The highest BCUT2D eigenvalue weighted by Crippen LogP contribution is 2.34. The van der Waals surface area contributed by atoms with E-state index in [9.17, 15) is 24.6 Å². The normalized spacial score (nSPS) is 10.3. The number of halogens is 1. The molecular formula is C48H39FN6O8. The van der Waals surface area contributed by atoms with Crippen LogP contribution in [0.1, 0.15) is 22.5 Å². The monoisotopic (exact) mass is 846 g/mol. The maximum absolute atomic E-state index is 13.4. The van der Waals surface area contributed by atoms with Gasteiger partial charge in [-0.25, -0.2) is 19.9 Å². The van der Waals surface area contributed by atoms with Crippen molar-refractivity contribution in [2.24, 2.45) is 0 Å². The van der Waals surface area contributed by atoms with Crippen molar-refractivity contribution in [1.29, 1.82) is 0 Å². The second-order valence-electron chi connectivity index (χ2n) is 13.4. The summed E-state index contributed by atoms with van der Waals surface area (Å²) in [5.74, 6) is 1.59. The SMILES string of the molecule is COc1ccccc1-c1cc(Cc2ccc(F)c([N+](=O)[O-])c2)ncn1.COc1ccccc1-c1cc(Cc2ccc(Oc3ccccc3)c([N+](=O)[O-])c2)ncn1.Oc1ccccc1. The minimum atomic E-state index is -0.855. The molecule has 0 fully saturated rings. The fraction of sp³-hybridized carbons (Fsp3) is 0.0833. The van der Waals surface area contributed by atoms with Gasteiger partial charge in [-0.1, -0.05) is 72.8 Å². The van der Waals surface area contributed by atoms with Gasteiger partial charge < -0.3 is 19.3 Å². The molecule has 15 heteroatoms. The van der Waals surface area contributed by atoms with E-state index in [0.29, 0.717) is 52.8 Å². The number of para-hydroxylation sites is 4. The fourth-order valence-corrected chi connectivity index (χ4v) is 6.17. The Morgan fingerprint density at radius 3 is 1.48 bits per heavy atom. The zero-order valence-electron chi connectivity index (χ0n) is 33.9. The number of phenolic OH excluding ortho intramolecular Hbond substituents is 1. The van der Waals surface area contributed by atoms with Gasteiger partial charge in [0.2, 0.25) is 11.6 Å². The maximum atomic E-state index is 13.4. The lowest BCUT2D eigenvalue weighted by molar-refractivity contribution is -0.387. The summed E-state index contributed by atoms with van der Waals surface area (Å²) in [7, 11) is 3.19. The van der Waals surface area contributed by atoms with Crippen molar-refractivity contribution < 1.29 is 33.6 Å². The number of aromatic hydroxyl groups is 1. The zero-order chi connectivity index (χ0) is 44.6. The van der Waals surface area contributed by atoms with E-state index in [1.54, 1.807) is 68.8 Å². The summed E-state index contributed by atoms with van der Waals surface area (Å²) in [4.78, 5) is 38.4. The van der Waals surface area contributed by atoms with Gasteiger partial charge in [0.25, 0.3) is 0 Å². The molecule has 0 atom stereocenters. The number of phenols is 1. The molecule has 2 aromatic heterocycles. The summed E-state index contributed by atoms with van der Waals surface area (Å²) < 4.78 is 29.9. The average molecular weight is 847 g/mol. The van der Waals surface area contributed by atoms with Crippen LogP contribution in [0.3, 0.4) is 0 Å². The third-order valence-corrected chi connectivity index (χ3v) is 9.14. The predicted molar refractivity (Wildman–Crippen MR) is 234 cm³/mol. The van der Waals surface area contributed by atoms with Crippen LogP contribution in [0.25, 0.3) is 22.5 Å². The number of ether oxygens (including phenoxy) is 3. The van der Waals surface area contributed by atoms with Crippen molar-refractivity contribution in [2.45, 2.75) is 12.8 Å². The maximum Gasteiger partial charge on any atom is 0.311 e. The number of nitrogens with zero attached hydrogens (tertiary/aromatic N) is 6. The minimum absolute atomic E-state index is 0.0969. The zero-order valence-corrected chi connectivity index (χ0v) is 33.9. The molecule has 0 unspecified atom stereocenters. The first-order chi connectivity index (χ1) is 30.6. The Hall–Kier alpha value is -8.59. The van der Waals surface area contributed by atoms with Crippen LogP contribution in [-0.4, -0.2) is 49.1 Å². The van der Waals surface area contributed by atoms with Crippen LogP contribution in [-0.2, 0) is 12.8 Å². The molecule has 0 aliphatic rings. The predicted octanol–water partition coefficient (Wildman–Crippen LogP) is 10.6. The number of nitro groups is 2. The molecule has 0 bridgehead atoms. The van der Waals surface area contributed by atoms with Crippen molar-refractivity contribution >= 4 is 11.4 Å². The Bertz CT molecular complexity index is 2800. The van der Waals surface area contributed by atoms with E-state index in [2.05, 4.69) is 19.9 Å². The van der Waals surface area contributed by atoms with E-state index < -0.39 is 21.4 Å². The van der Waals surface area contributed by atoms with Crippen LogP contribution in [0.2, 0.25) is 0 Å². The molecule has 8 aromatic rings. The lowest BCUT2D eigenvalue weighted by atomic mass is 10.1. The molecule has 8 rings (SSSR count). The first kappa shape index (κ1) is 44.0. The smallest absolute Gasteiger partial charge is 0.311 e. The summed E-state index contributed by atoms with van der Waals surface area (Å²) in [6, 6.07) is 45.1. The molecule has 0 aliphatic heterocycles. The van der Waals surface area contributed by atoms with Gasteiger partial charge >= 0.3 is 11.4 Å². The number of aromatic nitrogens is 4. The molecule has 0 radical (unpaired) electrons. The molecule has 63 heavy (non-hydrogen) atoms. The minimum Gasteiger partial charge on any atom is -0.508 e. The van der Waals surface area contributed by atoms with E-state index in [1.165, 1.54) is 30.9 Å². The molecule has 0 aliphatic carbocycles. The second-order valence-corrected chi connectivity index (χ2v) is 13.4. The summed E-state index contributed by atoms with van der Waals surface area (Å²) >= 11 is 0. The first-order valence-corrected chi connectivity index (χ1v) is 19.2. The molecule has 2 heterocycles. The van der Waals surface area contributed by atoms with Crippen LogP contribution in [0.5, 0.6) is 28.7 Å². The lowest BCUT2D eigenvalue weighted by Crippen LogP contribution is -1.99. The van der Waals surface area contributed by atoms with Crippen LogP contribution in [0, 0.1) is 26.0 Å². The first-order valence-electron chi connectivity index (χ1n) is 19.2. The fourth-order valence-electron chi connectivity index (χ4n) is 6.17. The Labute approximate surface area is 361 Å². The number of hydrogen-bond acceptors (Lipinski definition) is 12. The second kappa shape index (κ2) is 21.6. The largest absolute Gasteiger partial charge is 0.508 e. The number of rotatable bonds is 12. The number of hydrogen-bond donors (Lipinski definition) is 1. The van der Waals surface area contributed by atoms with Crippen molar-refractivity contribution in [3.8, 4) is 51.3 Å². The summed E-state index contributed by atoms with van der Waals surface area (Å²) in [5, 5.41) is 31.1. The third kappa shape index (κ3) is 12.2. The Morgan fingerprint density at radius 1 is 0.540 bits per heavy atom. The van der Waals surface area contributed by atoms with Gasteiger partial charge in [0.15, 0.2) is 0 Å². The van der Waals surface area contributed by atoms with E-state index >= 15 is 0 Å². The number of methoxy groups -OCH3 is 2. The van der Waals surface area contributed by atoms with Gasteiger partial charge in [-0.2, -0.15) is 4.39 Å². The lowest BCUT2D eigenvalue weighted by Gasteiger charge is -2.10. The topological polar surface area (TPSA) is 186 Å². The molecule has 0 saturated heterocycles. The molecule has 0 amide bonds. The molecule has 6 aromatic carbocycles. The molecule has 0 spiro atoms. The number of nitro benzene ring substituents is 2. The number of benzene rings is 6. The van der Waals surface area contributed by atoms with E-state index in [-0.39, 0.29) is 11.4 Å². The highest BCUT2D eigenvalue weighted by atomic mass is 19.1. The van der Waals surface area contributed by atoms with Gasteiger partial charge in [-0.3, -0.25) is 20.2 Å². The molecule has 1 N–H and O–H groups in total. The van der Waals surface area contributed by atoms with Crippen molar-refractivity contribution in [3.63, 3.8) is 0 Å². The Morgan fingerprint density at radius 2 is 1.00 bits per heavy atom. The van der Waals surface area contributed by atoms with Crippen molar-refractivity contribution in [1.82, 2.24) is 19.9 Å². The molecule has 0 saturated carbocycles. The summed E-state index contributed by atoms with van der Waals surface area (Å²) in [6.45, 7) is 0. The molecule has 316 valence electrons. The van der Waals surface area contributed by atoms with E-state index in [4.69, 9.17) is 19.3 Å². The van der Waals surface area contributed by atoms with Gasteiger partial charge in [0, 0.05) is 47.5 Å². The van der Waals surface area contributed by atoms with Gasteiger partial charge in [-0.05, 0) is 83.9 Å². The average Bonchev–Trinajstić information content (AvgIpc) is 3.31. The summed E-state index contributed by atoms with van der Waals surface area (Å²) in [6.07, 6.45) is 3.65. The molecular weight excluding hydrogens is 808 g/mol. The standard InChI is InChI=1S/C24H19N3O4.C18H14FN3O3.C6H6O/c1-30-23-10-6-5-9-20(23)21-15-18(25-16-26-21)13-17-11-12-24(22(14-17)27(28)29)31-19-7-3-2-4-8-19;1-25-18-5-3-2-4-14(18)16-10-13(20-11-21-16)8-12-6-7-15(19)17(9-12)22(23)24;7-6-4-2-1-3-5-6/h2-12,14-16H,13H2,1H3;2-7,9-11H,8H2,1H3;1-5,7H. The molecule has 14 nitrogen and oxygen atoms in total. The van der Waals surface area contributed by atoms with Crippen LogP contribution >= 0.6 is 0 Å². The van der Waals surface area contributed by atoms with Crippen molar-refractivity contribution in [3.05, 3.63) is 219 Å². The van der Waals surface area contributed by atoms with Crippen LogP contribution in [0.4, 0.5) is 15.8 Å².